The molecule has 20 N–H and O–H groups in total. The largest absolute Gasteiger partial charge is 0.481 e. The number of carboxylic acid groups (broad SMARTS) is 1. The zero-order valence-corrected chi connectivity index (χ0v) is 68.1. The average Bonchev–Trinajstić information content (AvgIpc) is 1.49. The van der Waals surface area contributed by atoms with Gasteiger partial charge in [-0.3, -0.25) is 62.3 Å². The summed E-state index contributed by atoms with van der Waals surface area (Å²) < 4.78 is 0. The number of fused-ring (bicyclic) bond motifs is 3. The minimum atomic E-state index is -2.09. The molecule has 1 unspecified atom stereocenters. The highest BCUT2D eigenvalue weighted by atomic mass is 32.2. The van der Waals surface area contributed by atoms with Gasteiger partial charge >= 0.3 is 5.97 Å². The number of hydrogen-bond acceptors (Lipinski definition) is 20. The van der Waals surface area contributed by atoms with Gasteiger partial charge in [0.2, 0.25) is 70.9 Å². The van der Waals surface area contributed by atoms with Crippen LogP contribution in [0.5, 0.6) is 0 Å². The number of amides is 12. The Morgan fingerprint density at radius 1 is 0.588 bits per heavy atom. The number of aliphatic hydroxyl groups excluding tert-OH is 3. The number of benzene rings is 3. The first-order valence-corrected chi connectivity index (χ1v) is 41.5. The van der Waals surface area contributed by atoms with E-state index in [4.69, 9.17) is 5.73 Å². The Hall–Kier alpha value is -9.19. The van der Waals surface area contributed by atoms with Crippen LogP contribution in [-0.4, -0.2) is 217 Å². The van der Waals surface area contributed by atoms with Crippen LogP contribution in [-0.2, 0) is 86.7 Å². The summed E-state index contributed by atoms with van der Waals surface area (Å²) in [7, 11) is 0. The van der Waals surface area contributed by atoms with Crippen molar-refractivity contribution in [1.82, 2.24) is 74.1 Å². The van der Waals surface area contributed by atoms with Crippen molar-refractivity contribution < 1.29 is 82.8 Å². The fraction of sp³-hybridized carbons (Fsp3) is 0.588. The molecule has 7 rings (SSSR count). The lowest BCUT2D eigenvalue weighted by molar-refractivity contribution is -0.140. The summed E-state index contributed by atoms with van der Waals surface area (Å²) in [6.45, 7) is 14.6. The van der Waals surface area contributed by atoms with E-state index in [1.165, 1.54) is 51.2 Å². The zero-order chi connectivity index (χ0) is 83.6. The van der Waals surface area contributed by atoms with Gasteiger partial charge in [-0.15, -0.1) is 0 Å². The number of hydrogen-bond donors (Lipinski definition) is 19. The number of rotatable bonds is 18. The Bertz CT molecular complexity index is 3980. The maximum atomic E-state index is 15.4. The van der Waals surface area contributed by atoms with E-state index in [1.54, 1.807) is 95.4 Å². The fourth-order valence-electron chi connectivity index (χ4n) is 14.1. The van der Waals surface area contributed by atoms with Crippen LogP contribution >= 0.6 is 23.5 Å². The summed E-state index contributed by atoms with van der Waals surface area (Å²) in [6.07, 6.45) is -1.76. The molecule has 12 amide bonds. The summed E-state index contributed by atoms with van der Waals surface area (Å²) in [4.78, 5) is 191. The number of nitrogens with one attached hydrogen (secondary N) is 14. The van der Waals surface area contributed by atoms with Crippen LogP contribution in [0.1, 0.15) is 168 Å². The molecule has 1 aliphatic carbocycles. The number of carboxylic acids is 1. The molecule has 114 heavy (non-hydrogen) atoms. The summed E-state index contributed by atoms with van der Waals surface area (Å²) in [5.74, 6) is -11.1. The van der Waals surface area contributed by atoms with E-state index < -0.39 is 185 Å². The molecule has 32 nitrogen and oxygen atoms in total. The molecule has 626 valence electrons. The van der Waals surface area contributed by atoms with Crippen molar-refractivity contribution in [2.24, 2.45) is 17.1 Å². The Morgan fingerprint density at radius 3 is 1.71 bits per heavy atom. The van der Waals surface area contributed by atoms with Gasteiger partial charge < -0.3 is 100 Å². The number of para-hydroxylation sites is 1. The molecule has 2 bridgehead atoms. The maximum Gasteiger partial charge on any atom is 0.303 e. The third-order valence-electron chi connectivity index (χ3n) is 20.7. The number of carbonyl (C=O) groups excluding carboxylic acids is 12. The molecular formula is C80H117N15O17S2. The number of primary amides is 1. The lowest BCUT2D eigenvalue weighted by atomic mass is 9.82. The van der Waals surface area contributed by atoms with E-state index in [1.807, 2.05) is 24.3 Å². The van der Waals surface area contributed by atoms with Gasteiger partial charge in [0.1, 0.15) is 65.5 Å². The van der Waals surface area contributed by atoms with E-state index in [2.05, 4.69) is 74.1 Å². The quantitative estimate of drug-likeness (QED) is 0.0666. The molecule has 1 saturated carbocycles. The maximum absolute atomic E-state index is 15.4. The third kappa shape index (κ3) is 27.8. The van der Waals surface area contributed by atoms with Crippen LogP contribution in [0.25, 0.3) is 10.9 Å². The van der Waals surface area contributed by atoms with Gasteiger partial charge in [-0.1, -0.05) is 120 Å². The van der Waals surface area contributed by atoms with Gasteiger partial charge in [-0.2, -0.15) is 23.5 Å². The van der Waals surface area contributed by atoms with Crippen molar-refractivity contribution in [2.45, 2.75) is 260 Å². The van der Waals surface area contributed by atoms with Gasteiger partial charge in [0, 0.05) is 85.0 Å². The summed E-state index contributed by atoms with van der Waals surface area (Å²) in [5.41, 5.74) is 4.22. The normalized spacial score (nSPS) is 28.2. The SMILES string of the molecule is CCC[C@@H]1NC(=O)[C@@](C)(Cc2ccccc2)NC(=O)[C@H](CCC(=O)O)NC(=O)[C@H](CCC)NC(=O)[C@](C)(Cc2c[nH]c3ccccc23)NC(=O)[C@H]([C@@H](C)O)NC(=O)[C@H](CC2CNCN2)NC(=O)[C@H](CC2CCC(O)CC2)NC(=O)[C@H](C(C)(C)C)NC(=O)CCSCc2cccc(c2)CSC[C@@H](C(N)=O)NC(=O)[C@H]([C@@H](C)O)NC1=O. The number of H-pyrrole nitrogens is 1. The van der Waals surface area contributed by atoms with Gasteiger partial charge in [-0.05, 0) is 125 Å². The van der Waals surface area contributed by atoms with E-state index in [-0.39, 0.29) is 69.5 Å². The number of aromatic nitrogens is 1. The minimum absolute atomic E-state index is 0.000173. The van der Waals surface area contributed by atoms with Crippen molar-refractivity contribution in [1.29, 1.82) is 0 Å². The summed E-state index contributed by atoms with van der Waals surface area (Å²) in [5, 5.41) is 80.1. The van der Waals surface area contributed by atoms with Crippen LogP contribution in [0.2, 0.25) is 0 Å². The minimum Gasteiger partial charge on any atom is -0.481 e. The highest BCUT2D eigenvalue weighted by Gasteiger charge is 2.45. The number of aromatic amines is 1. The molecule has 2 fully saturated rings. The van der Waals surface area contributed by atoms with E-state index in [0.29, 0.717) is 78.2 Å². The van der Waals surface area contributed by atoms with Crippen LogP contribution in [0.4, 0.5) is 0 Å². The molecule has 3 aliphatic rings. The molecule has 1 aromatic heterocycles. The number of aliphatic carboxylic acids is 1. The van der Waals surface area contributed by atoms with E-state index in [0.717, 1.165) is 11.1 Å². The average molecular weight is 1630 g/mol. The first-order chi connectivity index (χ1) is 54.0. The van der Waals surface area contributed by atoms with Crippen molar-refractivity contribution in [3.63, 3.8) is 0 Å². The molecule has 34 heteroatoms. The highest BCUT2D eigenvalue weighted by molar-refractivity contribution is 7.98. The monoisotopic (exact) mass is 1620 g/mol. The molecule has 1 saturated heterocycles. The van der Waals surface area contributed by atoms with Gasteiger partial charge in [0.25, 0.3) is 0 Å². The molecule has 3 aromatic carbocycles. The smallest absolute Gasteiger partial charge is 0.303 e. The molecule has 4 aromatic rings. The Morgan fingerprint density at radius 2 is 1.12 bits per heavy atom. The molecule has 2 aliphatic heterocycles. The van der Waals surface area contributed by atoms with Gasteiger partial charge in [0.05, 0.1) is 18.3 Å². The topological polar surface area (TPSA) is 501 Å². The number of nitrogens with two attached hydrogens (primary N) is 1. The standard InChI is InChI=1S/C80H117N15O17S2/c1-10-18-56-68(103)85-58(30-31-63(100)101)72(107)94-79(8,37-48-20-13-12-14-21-48)76(111)90-57(19-11-2)69(104)92-64(45(3)96)73(108)88-61(67(81)102)43-114-42-50-23-17-22-49(34-50)41-113-33-32-62(99)91-66(78(5,6)7)75(110)87-59(35-47-26-28-53(98)29-27-47)70(105)86-60(36-52-40-82-44-84-52)71(106)93-65(46(4)97)74(109)95-80(9,77(112)89-56)38-51-39-83-55-25-16-15-24-54(51)55/h12-17,20-25,34,39,45-47,52-53,56-61,64-66,82-84,96-98H,10-11,18-19,26-33,35-38,40-44H2,1-9H3,(H2,81,102)(H,85,103)(H,86,105)(H,87,110)(H,88,108)(H,89,112)(H,90,111)(H,91,99)(H,92,104)(H,93,106)(H,94,107)(H,95,109)(H,100,101)/t45-,46-,47?,52?,53?,56+,57+,58+,59+,60+,61+,64+,65+,66-,79-,80+/m1/s1. The van der Waals surface area contributed by atoms with E-state index in [9.17, 15) is 58.8 Å². The van der Waals surface area contributed by atoms with Crippen molar-refractivity contribution in [3.05, 3.63) is 107 Å². The molecule has 14 atom stereocenters. The third-order valence-corrected chi connectivity index (χ3v) is 22.8. The molecular weight excluding hydrogens is 1510 g/mol. The first-order valence-electron chi connectivity index (χ1n) is 39.2. The Balaban J connectivity index is 1.26. The molecule has 3 heterocycles. The van der Waals surface area contributed by atoms with Crippen LogP contribution in [0, 0.1) is 11.3 Å². The zero-order valence-electron chi connectivity index (χ0n) is 66.5. The number of carbonyl (C=O) groups is 13. The summed E-state index contributed by atoms with van der Waals surface area (Å²) >= 11 is 2.73. The number of thioether (sulfide) groups is 2. The predicted octanol–water partition coefficient (Wildman–Crippen LogP) is 1.24. The summed E-state index contributed by atoms with van der Waals surface area (Å²) in [6, 6.07) is 9.16. The second kappa shape index (κ2) is 43.5. The van der Waals surface area contributed by atoms with Crippen molar-refractivity contribution in [2.75, 3.05) is 24.7 Å². The fourth-order valence-corrected chi connectivity index (χ4v) is 16.0. The molecule has 0 spiro atoms. The van der Waals surface area contributed by atoms with E-state index >= 15 is 24.0 Å². The van der Waals surface area contributed by atoms with Crippen LogP contribution in [0.3, 0.4) is 0 Å². The van der Waals surface area contributed by atoms with Crippen LogP contribution in [0.15, 0.2) is 85.1 Å². The Labute approximate surface area is 673 Å². The molecule has 0 radical (unpaired) electrons. The second-order valence-corrected chi connectivity index (χ2v) is 33.8. The lowest BCUT2D eigenvalue weighted by Gasteiger charge is -2.35. The van der Waals surface area contributed by atoms with Crippen molar-refractivity contribution >= 4 is 111 Å². The van der Waals surface area contributed by atoms with Crippen LogP contribution < -0.4 is 74.9 Å². The second-order valence-electron chi connectivity index (χ2n) is 31.7. The Kier molecular flexibility index (Phi) is 35.1. The highest BCUT2D eigenvalue weighted by Crippen LogP contribution is 2.30. The van der Waals surface area contributed by atoms with Crippen molar-refractivity contribution in [3.8, 4) is 0 Å². The predicted molar refractivity (Wildman–Crippen MR) is 432 cm³/mol. The van der Waals surface area contributed by atoms with Gasteiger partial charge in [0.15, 0.2) is 0 Å². The van der Waals surface area contributed by atoms with Gasteiger partial charge in [-0.25, -0.2) is 0 Å². The first kappa shape index (κ1) is 92.0. The lowest BCUT2D eigenvalue weighted by Crippen LogP contribution is -2.67. The number of aliphatic hydroxyl groups is 3.